The lowest BCUT2D eigenvalue weighted by atomic mass is 9.85. The average molecular weight is 267 g/mol. The molecule has 0 aromatic heterocycles. The van der Waals surface area contributed by atoms with E-state index in [0.29, 0.717) is 12.5 Å². The molecule has 1 saturated carbocycles. The van der Waals surface area contributed by atoms with Crippen molar-refractivity contribution >= 4 is 11.8 Å². The molecule has 5 heteroatoms. The van der Waals surface area contributed by atoms with Crippen LogP contribution >= 0.6 is 0 Å². The van der Waals surface area contributed by atoms with Gasteiger partial charge in [-0.05, 0) is 51.5 Å². The zero-order chi connectivity index (χ0) is 13.7. The van der Waals surface area contributed by atoms with E-state index in [1.807, 2.05) is 0 Å². The third-order valence-corrected chi connectivity index (χ3v) is 4.38. The van der Waals surface area contributed by atoms with Gasteiger partial charge in [0.15, 0.2) is 0 Å². The van der Waals surface area contributed by atoms with Gasteiger partial charge >= 0.3 is 0 Å². The maximum atomic E-state index is 11.9. The van der Waals surface area contributed by atoms with Crippen molar-refractivity contribution in [3.05, 3.63) is 0 Å². The number of carbonyl (C=O) groups excluding carboxylic acids is 2. The molecule has 4 N–H and O–H groups in total. The summed E-state index contributed by atoms with van der Waals surface area (Å²) in [5.74, 6) is -0.0378. The summed E-state index contributed by atoms with van der Waals surface area (Å²) in [6.07, 6.45) is 7.33. The Balaban J connectivity index is 1.61. The highest BCUT2D eigenvalue weighted by Crippen LogP contribution is 2.24. The van der Waals surface area contributed by atoms with Crippen LogP contribution in [0, 0.1) is 5.92 Å². The van der Waals surface area contributed by atoms with Gasteiger partial charge in [0, 0.05) is 24.4 Å². The van der Waals surface area contributed by atoms with E-state index in [0.717, 1.165) is 38.6 Å². The highest BCUT2D eigenvalue weighted by Gasteiger charge is 2.25. The van der Waals surface area contributed by atoms with Gasteiger partial charge in [-0.1, -0.05) is 0 Å². The fourth-order valence-electron chi connectivity index (χ4n) is 3.13. The predicted octanol–water partition coefficient (Wildman–Crippen LogP) is 0.679. The lowest BCUT2D eigenvalue weighted by Gasteiger charge is -2.27. The Kier molecular flexibility index (Phi) is 5.19. The van der Waals surface area contributed by atoms with E-state index in [1.54, 1.807) is 0 Å². The summed E-state index contributed by atoms with van der Waals surface area (Å²) in [4.78, 5) is 22.9. The molecule has 1 unspecified atom stereocenters. The maximum absolute atomic E-state index is 11.9. The monoisotopic (exact) mass is 267 g/mol. The van der Waals surface area contributed by atoms with E-state index in [1.165, 1.54) is 12.8 Å². The summed E-state index contributed by atoms with van der Waals surface area (Å²) in [5, 5.41) is 6.49. The van der Waals surface area contributed by atoms with E-state index in [-0.39, 0.29) is 23.8 Å². The number of hydrogen-bond donors (Lipinski definition) is 3. The van der Waals surface area contributed by atoms with E-state index < -0.39 is 0 Å². The van der Waals surface area contributed by atoms with Crippen LogP contribution in [0.4, 0.5) is 0 Å². The Morgan fingerprint density at radius 1 is 1.16 bits per heavy atom. The molecule has 1 aliphatic heterocycles. The number of carbonyl (C=O) groups is 2. The van der Waals surface area contributed by atoms with Gasteiger partial charge in [-0.15, -0.1) is 0 Å². The van der Waals surface area contributed by atoms with Gasteiger partial charge in [-0.2, -0.15) is 0 Å². The molecule has 1 heterocycles. The summed E-state index contributed by atoms with van der Waals surface area (Å²) in [5.41, 5.74) is 5.30. The van der Waals surface area contributed by atoms with Crippen LogP contribution in [0.5, 0.6) is 0 Å². The Labute approximate surface area is 114 Å². The normalized spacial score (nSPS) is 31.1. The minimum Gasteiger partial charge on any atom is -0.369 e. The van der Waals surface area contributed by atoms with Crippen molar-refractivity contribution in [3.63, 3.8) is 0 Å². The smallest absolute Gasteiger partial charge is 0.220 e. The topological polar surface area (TPSA) is 84.2 Å². The molecule has 0 spiro atoms. The van der Waals surface area contributed by atoms with Gasteiger partial charge in [0.1, 0.15) is 0 Å². The van der Waals surface area contributed by atoms with Crippen molar-refractivity contribution in [2.24, 2.45) is 11.7 Å². The molecule has 2 rings (SSSR count). The Hall–Kier alpha value is -1.10. The molecular weight excluding hydrogens is 242 g/mol. The minimum absolute atomic E-state index is 0.0100. The average Bonchev–Trinajstić information content (AvgIpc) is 2.90. The van der Waals surface area contributed by atoms with E-state index in [9.17, 15) is 9.59 Å². The molecule has 2 aliphatic rings. The Bertz CT molecular complexity index is 319. The van der Waals surface area contributed by atoms with Gasteiger partial charge in [-0.25, -0.2) is 0 Å². The lowest BCUT2D eigenvalue weighted by Crippen LogP contribution is -2.40. The molecule has 1 saturated heterocycles. The van der Waals surface area contributed by atoms with Gasteiger partial charge in [0.25, 0.3) is 0 Å². The van der Waals surface area contributed by atoms with Crippen LogP contribution in [-0.4, -0.2) is 30.4 Å². The number of rotatable bonds is 5. The number of nitrogens with two attached hydrogens (primary N) is 1. The van der Waals surface area contributed by atoms with Crippen LogP contribution in [0.1, 0.15) is 51.4 Å². The van der Waals surface area contributed by atoms with E-state index >= 15 is 0 Å². The van der Waals surface area contributed by atoms with Crippen molar-refractivity contribution in [3.8, 4) is 0 Å². The second kappa shape index (κ2) is 6.89. The van der Waals surface area contributed by atoms with Crippen LogP contribution in [0.3, 0.4) is 0 Å². The summed E-state index contributed by atoms with van der Waals surface area (Å²) in [6, 6.07) is 0.760. The second-order valence-corrected chi connectivity index (χ2v) is 5.85. The van der Waals surface area contributed by atoms with E-state index in [2.05, 4.69) is 10.6 Å². The second-order valence-electron chi connectivity index (χ2n) is 5.85. The zero-order valence-electron chi connectivity index (χ0n) is 11.5. The van der Waals surface area contributed by atoms with Gasteiger partial charge < -0.3 is 16.4 Å². The van der Waals surface area contributed by atoms with Crippen LogP contribution < -0.4 is 16.4 Å². The quantitative estimate of drug-likeness (QED) is 0.685. The van der Waals surface area contributed by atoms with Crippen LogP contribution in [-0.2, 0) is 9.59 Å². The molecule has 5 nitrogen and oxygen atoms in total. The van der Waals surface area contributed by atoms with Crippen molar-refractivity contribution in [1.82, 2.24) is 10.6 Å². The number of amides is 2. The molecule has 0 aromatic carbocycles. The highest BCUT2D eigenvalue weighted by atomic mass is 16.2. The first-order valence-corrected chi connectivity index (χ1v) is 7.47. The lowest BCUT2D eigenvalue weighted by molar-refractivity contribution is -0.123. The highest BCUT2D eigenvalue weighted by molar-refractivity contribution is 5.77. The Morgan fingerprint density at radius 3 is 2.47 bits per heavy atom. The largest absolute Gasteiger partial charge is 0.369 e. The molecule has 1 aliphatic carbocycles. The number of primary amides is 1. The molecule has 0 bridgehead atoms. The molecule has 0 radical (unpaired) electrons. The van der Waals surface area contributed by atoms with Crippen molar-refractivity contribution < 1.29 is 9.59 Å². The molecule has 19 heavy (non-hydrogen) atoms. The third-order valence-electron chi connectivity index (χ3n) is 4.38. The van der Waals surface area contributed by atoms with Gasteiger partial charge in [0.05, 0.1) is 0 Å². The van der Waals surface area contributed by atoms with Crippen molar-refractivity contribution in [2.75, 3.05) is 6.54 Å². The summed E-state index contributed by atoms with van der Waals surface area (Å²) in [6.45, 7) is 1.09. The first-order valence-electron chi connectivity index (χ1n) is 7.47. The van der Waals surface area contributed by atoms with E-state index in [4.69, 9.17) is 5.73 Å². The third kappa shape index (κ3) is 4.49. The fraction of sp³-hybridized carbons (Fsp3) is 0.857. The molecule has 2 fully saturated rings. The first kappa shape index (κ1) is 14.3. The van der Waals surface area contributed by atoms with Crippen LogP contribution in [0.15, 0.2) is 0 Å². The van der Waals surface area contributed by atoms with Crippen molar-refractivity contribution in [1.29, 1.82) is 0 Å². The van der Waals surface area contributed by atoms with Gasteiger partial charge in [-0.3, -0.25) is 9.59 Å². The molecule has 108 valence electrons. The standard InChI is InChI=1S/C14H25N3O2/c15-14(19)10-3-5-12(6-4-10)17-13(18)8-7-11-2-1-9-16-11/h10-12,16H,1-9H2,(H2,15,19)(H,17,18). The Morgan fingerprint density at radius 2 is 1.89 bits per heavy atom. The summed E-state index contributed by atoms with van der Waals surface area (Å²) < 4.78 is 0. The molecule has 1 atom stereocenters. The number of hydrogen-bond acceptors (Lipinski definition) is 3. The fourth-order valence-corrected chi connectivity index (χ4v) is 3.13. The molecular formula is C14H25N3O2. The zero-order valence-corrected chi connectivity index (χ0v) is 11.5. The maximum Gasteiger partial charge on any atom is 0.220 e. The minimum atomic E-state index is -0.197. The first-order chi connectivity index (χ1) is 9.15. The van der Waals surface area contributed by atoms with Gasteiger partial charge in [0.2, 0.25) is 11.8 Å². The predicted molar refractivity (Wildman–Crippen MR) is 73.3 cm³/mol. The summed E-state index contributed by atoms with van der Waals surface area (Å²) >= 11 is 0. The molecule has 0 aromatic rings. The van der Waals surface area contributed by atoms with Crippen molar-refractivity contribution in [2.45, 2.75) is 63.5 Å². The van der Waals surface area contributed by atoms with Crippen LogP contribution in [0.2, 0.25) is 0 Å². The number of nitrogens with one attached hydrogen (secondary N) is 2. The summed E-state index contributed by atoms with van der Waals surface area (Å²) in [7, 11) is 0. The molecule has 2 amide bonds. The van der Waals surface area contributed by atoms with Crippen LogP contribution in [0.25, 0.3) is 0 Å². The SMILES string of the molecule is NC(=O)C1CCC(NC(=O)CCC2CCCN2)CC1.